The molecule has 3 atom stereocenters. The second-order valence-electron chi connectivity index (χ2n) is 9.31. The van der Waals surface area contributed by atoms with E-state index in [0.717, 1.165) is 23.4 Å². The zero-order valence-corrected chi connectivity index (χ0v) is 19.9. The van der Waals surface area contributed by atoms with Crippen LogP contribution in [0.3, 0.4) is 0 Å². The van der Waals surface area contributed by atoms with Crippen LogP contribution < -0.4 is 10.6 Å². The number of rotatable bonds is 7. The number of H-pyrrole nitrogens is 1. The van der Waals surface area contributed by atoms with Gasteiger partial charge in [-0.05, 0) is 19.8 Å². The van der Waals surface area contributed by atoms with Crippen LogP contribution in [0.15, 0.2) is 18.5 Å². The highest BCUT2D eigenvalue weighted by molar-refractivity contribution is 5.69. The number of fused-ring (bicyclic) bond motifs is 1. The number of amides is 1. The van der Waals surface area contributed by atoms with E-state index in [0.29, 0.717) is 6.20 Å². The van der Waals surface area contributed by atoms with E-state index >= 15 is 0 Å². The van der Waals surface area contributed by atoms with E-state index in [1.165, 1.54) is 6.07 Å². The summed E-state index contributed by atoms with van der Waals surface area (Å²) in [4.78, 5) is 19.3. The molecular weight excluding hydrogens is 547 g/mol. The molecule has 1 saturated heterocycles. The SMILES string of the molecule is CC1(NC(=O)O[C@@H]2CO[C@H](c3cc(Nc4ncc(C(F)(F)F)c5nc(COC(F)(F)F)cn45)n[nH]3)[C@H]2F)CC1. The van der Waals surface area contributed by atoms with Gasteiger partial charge >= 0.3 is 18.6 Å². The number of anilines is 2. The maximum atomic E-state index is 15.0. The van der Waals surface area contributed by atoms with Crippen molar-refractivity contribution in [3.8, 4) is 0 Å². The molecule has 39 heavy (non-hydrogen) atoms. The number of nitrogens with one attached hydrogen (secondary N) is 3. The van der Waals surface area contributed by atoms with Gasteiger partial charge in [-0.15, -0.1) is 13.2 Å². The Hall–Kier alpha value is -3.67. The van der Waals surface area contributed by atoms with E-state index < -0.39 is 60.5 Å². The molecule has 11 nitrogen and oxygen atoms in total. The van der Waals surface area contributed by atoms with Crippen LogP contribution in [0.5, 0.6) is 0 Å². The van der Waals surface area contributed by atoms with Gasteiger partial charge in [0, 0.05) is 24.0 Å². The highest BCUT2D eigenvalue weighted by atomic mass is 19.4. The Morgan fingerprint density at radius 3 is 2.69 bits per heavy atom. The van der Waals surface area contributed by atoms with Crippen LogP contribution in [-0.2, 0) is 27.0 Å². The first kappa shape index (κ1) is 26.9. The van der Waals surface area contributed by atoms with Crippen molar-refractivity contribution in [1.82, 2.24) is 29.9 Å². The third-order valence-electron chi connectivity index (χ3n) is 6.12. The highest BCUT2D eigenvalue weighted by Crippen LogP contribution is 2.37. The molecule has 1 saturated carbocycles. The van der Waals surface area contributed by atoms with Crippen LogP contribution in [0.25, 0.3) is 5.65 Å². The molecule has 0 aromatic carbocycles. The third kappa shape index (κ3) is 6.00. The first-order valence-corrected chi connectivity index (χ1v) is 11.4. The largest absolute Gasteiger partial charge is 0.522 e. The molecule has 3 aromatic rings. The lowest BCUT2D eigenvalue weighted by Crippen LogP contribution is -2.39. The second kappa shape index (κ2) is 9.51. The number of alkyl halides is 7. The predicted octanol–water partition coefficient (Wildman–Crippen LogP) is 4.31. The average molecular weight is 567 g/mol. The van der Waals surface area contributed by atoms with Gasteiger partial charge in [-0.3, -0.25) is 14.2 Å². The summed E-state index contributed by atoms with van der Waals surface area (Å²) in [7, 11) is 0. The van der Waals surface area contributed by atoms with Gasteiger partial charge in [0.2, 0.25) is 5.95 Å². The minimum absolute atomic E-state index is 0.0279. The van der Waals surface area contributed by atoms with Crippen molar-refractivity contribution in [3.05, 3.63) is 35.4 Å². The summed E-state index contributed by atoms with van der Waals surface area (Å²) in [5.74, 6) is -0.308. The van der Waals surface area contributed by atoms with Gasteiger partial charge < -0.3 is 20.1 Å². The molecule has 2 aliphatic rings. The monoisotopic (exact) mass is 567 g/mol. The predicted molar refractivity (Wildman–Crippen MR) is 115 cm³/mol. The van der Waals surface area contributed by atoms with Crippen molar-refractivity contribution < 1.29 is 49.7 Å². The molecule has 0 unspecified atom stereocenters. The van der Waals surface area contributed by atoms with Gasteiger partial charge in [0.05, 0.1) is 24.6 Å². The zero-order chi connectivity index (χ0) is 28.2. The fourth-order valence-corrected chi connectivity index (χ4v) is 3.87. The van der Waals surface area contributed by atoms with Crippen LogP contribution in [0, 0.1) is 0 Å². The standard InChI is InChI=1S/C21H20F7N7O4/c1-19(2-3-19)32-18(36)39-12-8-37-15(14(12)22)11-4-13(34-33-11)31-17-29-5-10(20(23,24)25)16-30-9(6-35(16)17)7-38-21(26,27)28/h4-6,12,14-15H,2-3,7-8H2,1H3,(H,32,36)(H2,29,31,33,34)/t12-,14+,15-/m1/s1. The summed E-state index contributed by atoms with van der Waals surface area (Å²) in [5, 5.41) is 11.7. The Labute approximate surface area is 214 Å². The smallest absolute Gasteiger partial charge is 0.441 e. The Bertz CT molecular complexity index is 1370. The molecule has 212 valence electrons. The van der Waals surface area contributed by atoms with Gasteiger partial charge in [0.1, 0.15) is 11.7 Å². The maximum Gasteiger partial charge on any atom is 0.522 e. The molecule has 4 heterocycles. The van der Waals surface area contributed by atoms with Crippen molar-refractivity contribution >= 4 is 23.5 Å². The molecule has 0 radical (unpaired) electrons. The van der Waals surface area contributed by atoms with E-state index in [1.807, 2.05) is 6.92 Å². The number of hydrogen-bond acceptors (Lipinski definition) is 8. The number of carbonyl (C=O) groups is 1. The highest BCUT2D eigenvalue weighted by Gasteiger charge is 2.44. The first-order chi connectivity index (χ1) is 18.2. The lowest BCUT2D eigenvalue weighted by atomic mass is 10.1. The number of imidazole rings is 1. The van der Waals surface area contributed by atoms with Gasteiger partial charge in [-0.25, -0.2) is 19.2 Å². The molecule has 3 N–H and O–H groups in total. The maximum absolute atomic E-state index is 15.0. The van der Waals surface area contributed by atoms with Gasteiger partial charge in [0.15, 0.2) is 23.7 Å². The zero-order valence-electron chi connectivity index (χ0n) is 19.9. The number of aromatic nitrogens is 5. The summed E-state index contributed by atoms with van der Waals surface area (Å²) >= 11 is 0. The minimum atomic E-state index is -5.02. The molecule has 5 rings (SSSR count). The first-order valence-electron chi connectivity index (χ1n) is 11.4. The normalized spacial score (nSPS) is 22.7. The van der Waals surface area contributed by atoms with E-state index in [4.69, 9.17) is 9.47 Å². The van der Waals surface area contributed by atoms with Crippen molar-refractivity contribution in [3.63, 3.8) is 0 Å². The molecule has 18 heteroatoms. The third-order valence-corrected chi connectivity index (χ3v) is 6.12. The number of hydrogen-bond donors (Lipinski definition) is 3. The summed E-state index contributed by atoms with van der Waals surface area (Å²) in [6.07, 6.45) is -11.9. The van der Waals surface area contributed by atoms with Crippen molar-refractivity contribution in [2.75, 3.05) is 11.9 Å². The van der Waals surface area contributed by atoms with E-state index in [-0.39, 0.29) is 29.6 Å². The summed E-state index contributed by atoms with van der Waals surface area (Å²) in [6.45, 7) is 0.469. The van der Waals surface area contributed by atoms with Crippen LogP contribution >= 0.6 is 0 Å². The van der Waals surface area contributed by atoms with Crippen LogP contribution in [0.4, 0.5) is 47.3 Å². The quantitative estimate of drug-likeness (QED) is 0.361. The number of alkyl carbamates (subject to hydrolysis) is 1. The Kier molecular flexibility index (Phi) is 6.56. The van der Waals surface area contributed by atoms with E-state index in [9.17, 15) is 35.5 Å². The van der Waals surface area contributed by atoms with Crippen molar-refractivity contribution in [2.45, 2.75) is 62.8 Å². The summed E-state index contributed by atoms with van der Waals surface area (Å²) in [6, 6.07) is 1.29. The number of halogens is 7. The van der Waals surface area contributed by atoms with Gasteiger partial charge in [0.25, 0.3) is 0 Å². The number of nitrogens with zero attached hydrogens (tertiary/aromatic N) is 4. The molecule has 1 amide bonds. The van der Waals surface area contributed by atoms with E-state index in [1.54, 1.807) is 0 Å². The van der Waals surface area contributed by atoms with Gasteiger partial charge in [-0.1, -0.05) is 0 Å². The summed E-state index contributed by atoms with van der Waals surface area (Å²) < 4.78 is 108. The molecular formula is C21H20F7N7O4. The van der Waals surface area contributed by atoms with Crippen molar-refractivity contribution in [2.24, 2.45) is 0 Å². The van der Waals surface area contributed by atoms with Crippen molar-refractivity contribution in [1.29, 1.82) is 0 Å². The molecule has 2 fully saturated rings. The minimum Gasteiger partial charge on any atom is -0.441 e. The summed E-state index contributed by atoms with van der Waals surface area (Å²) in [5.41, 5.74) is -2.69. The topological polar surface area (TPSA) is 128 Å². The lowest BCUT2D eigenvalue weighted by molar-refractivity contribution is -0.330. The fraction of sp³-hybridized carbons (Fsp3) is 0.524. The molecule has 0 spiro atoms. The van der Waals surface area contributed by atoms with Crippen LogP contribution in [-0.4, -0.2) is 61.4 Å². The average Bonchev–Trinajstić information content (AvgIpc) is 3.19. The Balaban J connectivity index is 1.31. The number of aromatic amines is 1. The fourth-order valence-electron chi connectivity index (χ4n) is 3.87. The van der Waals surface area contributed by atoms with Crippen LogP contribution in [0.1, 0.15) is 42.8 Å². The lowest BCUT2D eigenvalue weighted by Gasteiger charge is -2.17. The van der Waals surface area contributed by atoms with E-state index in [2.05, 4.69) is 35.5 Å². The molecule has 1 aliphatic carbocycles. The number of ether oxygens (including phenoxy) is 3. The molecule has 0 bridgehead atoms. The van der Waals surface area contributed by atoms with Gasteiger partial charge in [-0.2, -0.15) is 18.3 Å². The second-order valence-corrected chi connectivity index (χ2v) is 9.31. The Morgan fingerprint density at radius 1 is 1.28 bits per heavy atom. The number of carbonyl (C=O) groups excluding carboxylic acids is 1. The molecule has 1 aliphatic heterocycles. The Morgan fingerprint density at radius 2 is 2.03 bits per heavy atom. The van der Waals surface area contributed by atoms with Crippen LogP contribution in [0.2, 0.25) is 0 Å². The molecule has 3 aromatic heterocycles.